The summed E-state index contributed by atoms with van der Waals surface area (Å²) in [5, 5.41) is 7.41. The third kappa shape index (κ3) is 4.16. The fraction of sp³-hybridized carbons (Fsp3) is 0.348. The monoisotopic (exact) mass is 421 g/mol. The molecule has 1 aliphatic rings. The molecule has 3 aromatic rings. The Morgan fingerprint density at radius 1 is 1.17 bits per heavy atom. The molecule has 0 atom stereocenters. The number of benzene rings is 1. The van der Waals surface area contributed by atoms with Crippen LogP contribution >= 0.6 is 11.3 Å². The van der Waals surface area contributed by atoms with Crippen molar-refractivity contribution < 1.29 is 4.79 Å². The van der Waals surface area contributed by atoms with E-state index in [-0.39, 0.29) is 5.91 Å². The Hall–Kier alpha value is -2.93. The average Bonchev–Trinajstić information content (AvgIpc) is 3.34. The van der Waals surface area contributed by atoms with Gasteiger partial charge in [-0.1, -0.05) is 24.3 Å². The number of aromatic nitrogens is 3. The van der Waals surface area contributed by atoms with Gasteiger partial charge in [-0.25, -0.2) is 9.67 Å². The number of para-hydroxylation sites is 1. The predicted octanol–water partition coefficient (Wildman–Crippen LogP) is 3.57. The number of carbonyl (C=O) groups is 1. The zero-order valence-corrected chi connectivity index (χ0v) is 18.4. The zero-order chi connectivity index (χ0) is 21.1. The molecule has 0 aliphatic carbocycles. The Bertz CT molecular complexity index is 1030. The molecule has 0 unspecified atom stereocenters. The molecule has 1 aliphatic heterocycles. The normalized spacial score (nSPS) is 14.2. The van der Waals surface area contributed by atoms with Gasteiger partial charge in [0.2, 0.25) is 11.0 Å². The molecule has 6 nitrogen and oxygen atoms in total. The SMILES string of the molecule is C=CCc1c(C)nn(-c2nc(CC(=O)N3CCN(c4ccccc4)CC3)cs2)c1C. The summed E-state index contributed by atoms with van der Waals surface area (Å²) in [6.45, 7) is 11.1. The lowest BCUT2D eigenvalue weighted by Crippen LogP contribution is -2.49. The van der Waals surface area contributed by atoms with Crippen molar-refractivity contribution in [2.24, 2.45) is 0 Å². The molecular formula is C23H27N5OS. The van der Waals surface area contributed by atoms with Gasteiger partial charge in [0.05, 0.1) is 17.8 Å². The van der Waals surface area contributed by atoms with E-state index in [0.29, 0.717) is 6.42 Å². The number of nitrogens with zero attached hydrogens (tertiary/aromatic N) is 5. The minimum absolute atomic E-state index is 0.139. The minimum atomic E-state index is 0.139. The first-order chi connectivity index (χ1) is 14.6. The number of hydrogen-bond acceptors (Lipinski definition) is 5. The van der Waals surface area contributed by atoms with Crippen LogP contribution in [-0.2, 0) is 17.6 Å². The molecule has 1 amide bonds. The highest BCUT2D eigenvalue weighted by atomic mass is 32.1. The van der Waals surface area contributed by atoms with E-state index in [2.05, 4.69) is 52.8 Å². The second-order valence-corrected chi connectivity index (χ2v) is 8.39. The third-order valence-corrected chi connectivity index (χ3v) is 6.46. The molecule has 30 heavy (non-hydrogen) atoms. The van der Waals surface area contributed by atoms with Gasteiger partial charge in [0.15, 0.2) is 0 Å². The zero-order valence-electron chi connectivity index (χ0n) is 17.5. The van der Waals surface area contributed by atoms with Crippen molar-refractivity contribution in [3.05, 3.63) is 71.0 Å². The summed E-state index contributed by atoms with van der Waals surface area (Å²) in [6, 6.07) is 10.4. The molecule has 0 spiro atoms. The van der Waals surface area contributed by atoms with Crippen molar-refractivity contribution in [3.8, 4) is 5.13 Å². The van der Waals surface area contributed by atoms with E-state index < -0.39 is 0 Å². The van der Waals surface area contributed by atoms with Crippen molar-refractivity contribution in [2.45, 2.75) is 26.7 Å². The number of aryl methyl sites for hydroxylation is 1. The maximum Gasteiger partial charge on any atom is 0.228 e. The van der Waals surface area contributed by atoms with E-state index in [1.807, 2.05) is 34.0 Å². The van der Waals surface area contributed by atoms with Gasteiger partial charge < -0.3 is 9.80 Å². The number of allylic oxidation sites excluding steroid dienone is 1. The van der Waals surface area contributed by atoms with Crippen molar-refractivity contribution in [2.75, 3.05) is 31.1 Å². The molecular weight excluding hydrogens is 394 g/mol. The van der Waals surface area contributed by atoms with E-state index in [9.17, 15) is 4.79 Å². The highest BCUT2D eigenvalue weighted by Crippen LogP contribution is 2.22. The standard InChI is InChI=1S/C23H27N5OS/c1-4-8-21-17(2)25-28(18(21)3)23-24-19(16-30-23)15-22(29)27-13-11-26(12-14-27)20-9-6-5-7-10-20/h4-7,9-10,16H,1,8,11-15H2,2-3H3. The maximum absolute atomic E-state index is 12.8. The number of hydrogen-bond donors (Lipinski definition) is 0. The summed E-state index contributed by atoms with van der Waals surface area (Å²) < 4.78 is 1.88. The second kappa shape index (κ2) is 8.83. The molecule has 0 N–H and O–H groups in total. The van der Waals surface area contributed by atoms with Gasteiger partial charge >= 0.3 is 0 Å². The van der Waals surface area contributed by atoms with Crippen LogP contribution in [0.1, 0.15) is 22.6 Å². The predicted molar refractivity (Wildman–Crippen MR) is 122 cm³/mol. The summed E-state index contributed by atoms with van der Waals surface area (Å²) in [6.07, 6.45) is 3.02. The lowest BCUT2D eigenvalue weighted by molar-refractivity contribution is -0.130. The summed E-state index contributed by atoms with van der Waals surface area (Å²) in [5.41, 5.74) is 5.29. The van der Waals surface area contributed by atoms with E-state index in [4.69, 9.17) is 0 Å². The Kier molecular flexibility index (Phi) is 5.99. The summed E-state index contributed by atoms with van der Waals surface area (Å²) in [4.78, 5) is 21.8. The first-order valence-corrected chi connectivity index (χ1v) is 11.1. The lowest BCUT2D eigenvalue weighted by atomic mass is 10.1. The molecule has 2 aromatic heterocycles. The van der Waals surface area contributed by atoms with Crippen molar-refractivity contribution >= 4 is 22.9 Å². The largest absolute Gasteiger partial charge is 0.368 e. The smallest absolute Gasteiger partial charge is 0.228 e. The topological polar surface area (TPSA) is 54.3 Å². The van der Waals surface area contributed by atoms with Gasteiger partial charge in [0.25, 0.3) is 0 Å². The number of piperazine rings is 1. The number of rotatable bonds is 6. The first kappa shape index (κ1) is 20.3. The van der Waals surface area contributed by atoms with Crippen LogP contribution < -0.4 is 4.90 Å². The number of amides is 1. The third-order valence-electron chi connectivity index (χ3n) is 5.60. The molecule has 1 aromatic carbocycles. The Labute approximate surface area is 181 Å². The Morgan fingerprint density at radius 3 is 2.60 bits per heavy atom. The minimum Gasteiger partial charge on any atom is -0.368 e. The van der Waals surface area contributed by atoms with Crippen LogP contribution in [0.15, 0.2) is 48.4 Å². The average molecular weight is 422 g/mol. The molecule has 1 saturated heterocycles. The van der Waals surface area contributed by atoms with Crippen molar-refractivity contribution in [3.63, 3.8) is 0 Å². The van der Waals surface area contributed by atoms with E-state index >= 15 is 0 Å². The van der Waals surface area contributed by atoms with Crippen LogP contribution in [0.5, 0.6) is 0 Å². The van der Waals surface area contributed by atoms with Crippen molar-refractivity contribution in [1.82, 2.24) is 19.7 Å². The molecule has 0 saturated carbocycles. The first-order valence-electron chi connectivity index (χ1n) is 10.3. The Balaban J connectivity index is 1.38. The molecule has 7 heteroatoms. The summed E-state index contributed by atoms with van der Waals surface area (Å²) in [5.74, 6) is 0.139. The lowest BCUT2D eigenvalue weighted by Gasteiger charge is -2.36. The van der Waals surface area contributed by atoms with E-state index in [1.165, 1.54) is 22.6 Å². The molecule has 1 fully saturated rings. The van der Waals surface area contributed by atoms with Crippen LogP contribution in [0, 0.1) is 13.8 Å². The fourth-order valence-corrected chi connectivity index (χ4v) is 4.72. The van der Waals surface area contributed by atoms with Crippen LogP contribution in [-0.4, -0.2) is 51.8 Å². The van der Waals surface area contributed by atoms with Gasteiger partial charge in [-0.05, 0) is 32.4 Å². The van der Waals surface area contributed by atoms with Gasteiger partial charge in [-0.3, -0.25) is 4.79 Å². The van der Waals surface area contributed by atoms with Crippen LogP contribution in [0.2, 0.25) is 0 Å². The summed E-state index contributed by atoms with van der Waals surface area (Å²) >= 11 is 1.53. The number of anilines is 1. The fourth-order valence-electron chi connectivity index (χ4n) is 3.90. The quantitative estimate of drug-likeness (QED) is 0.571. The number of carbonyl (C=O) groups excluding carboxylic acids is 1. The van der Waals surface area contributed by atoms with Crippen molar-refractivity contribution in [1.29, 1.82) is 0 Å². The van der Waals surface area contributed by atoms with Gasteiger partial charge in [-0.2, -0.15) is 5.10 Å². The van der Waals surface area contributed by atoms with Gasteiger partial charge in [0, 0.05) is 48.5 Å². The van der Waals surface area contributed by atoms with Crippen LogP contribution in [0.4, 0.5) is 5.69 Å². The van der Waals surface area contributed by atoms with Crippen LogP contribution in [0.25, 0.3) is 5.13 Å². The van der Waals surface area contributed by atoms with Gasteiger partial charge in [0.1, 0.15) is 0 Å². The highest BCUT2D eigenvalue weighted by molar-refractivity contribution is 7.12. The highest BCUT2D eigenvalue weighted by Gasteiger charge is 2.22. The summed E-state index contributed by atoms with van der Waals surface area (Å²) in [7, 11) is 0. The molecule has 4 rings (SSSR count). The van der Waals surface area contributed by atoms with Gasteiger partial charge in [-0.15, -0.1) is 17.9 Å². The molecule has 0 radical (unpaired) electrons. The van der Waals surface area contributed by atoms with E-state index in [0.717, 1.165) is 54.8 Å². The Morgan fingerprint density at radius 2 is 1.90 bits per heavy atom. The molecule has 3 heterocycles. The van der Waals surface area contributed by atoms with E-state index in [1.54, 1.807) is 0 Å². The second-order valence-electron chi connectivity index (χ2n) is 7.56. The maximum atomic E-state index is 12.8. The van der Waals surface area contributed by atoms with Crippen LogP contribution in [0.3, 0.4) is 0 Å². The number of thiazole rings is 1. The molecule has 0 bridgehead atoms. The molecule has 156 valence electrons.